The third kappa shape index (κ3) is 10.1. The van der Waals surface area contributed by atoms with Crippen LogP contribution in [0.25, 0.3) is 0 Å². The highest BCUT2D eigenvalue weighted by Gasteiger charge is 2.29. The first-order valence-corrected chi connectivity index (χ1v) is 16.2. The van der Waals surface area contributed by atoms with E-state index in [9.17, 15) is 14.4 Å². The molecule has 14 nitrogen and oxygen atoms in total. The quantitative estimate of drug-likeness (QED) is 0.440. The molecule has 0 spiro atoms. The first-order valence-electron chi connectivity index (χ1n) is 16.2. The van der Waals surface area contributed by atoms with Gasteiger partial charge in [-0.3, -0.25) is 19.6 Å². The fourth-order valence-corrected chi connectivity index (χ4v) is 6.00. The molecule has 3 N–H and O–H groups in total. The van der Waals surface area contributed by atoms with Gasteiger partial charge in [0.05, 0.1) is 37.8 Å². The molecule has 6 rings (SSSR count). The van der Waals surface area contributed by atoms with Crippen molar-refractivity contribution >= 4 is 30.4 Å². The summed E-state index contributed by atoms with van der Waals surface area (Å²) in [6.45, 7) is 14.5. The van der Waals surface area contributed by atoms with Gasteiger partial charge in [0, 0.05) is 63.2 Å². The van der Waals surface area contributed by atoms with Gasteiger partial charge in [-0.15, -0.1) is 12.4 Å². The number of morpholine rings is 2. The molecular weight excluding hydrogens is 616 g/mol. The van der Waals surface area contributed by atoms with Crippen LogP contribution in [0, 0.1) is 0 Å². The smallest absolute Gasteiger partial charge is 0.410 e. The maximum atomic E-state index is 12.2. The van der Waals surface area contributed by atoms with Gasteiger partial charge in [-0.05, 0) is 59.5 Å². The van der Waals surface area contributed by atoms with Gasteiger partial charge >= 0.3 is 6.09 Å². The number of carbonyl (C=O) groups excluding carboxylic acids is 1. The molecule has 4 fully saturated rings. The molecule has 15 heteroatoms. The van der Waals surface area contributed by atoms with Gasteiger partial charge in [-0.25, -0.2) is 14.8 Å². The first-order chi connectivity index (χ1) is 21.6. The molecule has 2 aromatic rings. The number of amides is 1. The Hall–Kier alpha value is -3.20. The number of hydrogen-bond acceptors (Lipinski definition) is 11. The molecule has 0 saturated carbocycles. The average molecular weight is 665 g/mol. The summed E-state index contributed by atoms with van der Waals surface area (Å²) >= 11 is 0. The van der Waals surface area contributed by atoms with Gasteiger partial charge in [0.2, 0.25) is 11.9 Å². The number of hydrogen-bond donors (Lipinski definition) is 3. The van der Waals surface area contributed by atoms with Crippen molar-refractivity contribution in [3.05, 3.63) is 44.2 Å². The molecule has 4 aliphatic heterocycles. The van der Waals surface area contributed by atoms with Gasteiger partial charge in [-0.2, -0.15) is 0 Å². The summed E-state index contributed by atoms with van der Waals surface area (Å²) in [5.41, 5.74) is 1.07. The van der Waals surface area contributed by atoms with E-state index in [1.54, 1.807) is 17.0 Å². The lowest BCUT2D eigenvalue weighted by Crippen LogP contribution is -2.41. The number of piperidine rings is 2. The molecule has 0 bridgehead atoms. The third-order valence-corrected chi connectivity index (χ3v) is 8.44. The lowest BCUT2D eigenvalue weighted by atomic mass is 9.93. The van der Waals surface area contributed by atoms with Crippen molar-refractivity contribution < 1.29 is 19.0 Å². The van der Waals surface area contributed by atoms with Crippen LogP contribution in [0.4, 0.5) is 16.7 Å². The first kappa shape index (κ1) is 35.7. The number of aromatic nitrogens is 4. The largest absolute Gasteiger partial charge is 0.444 e. The normalized spacial score (nSPS) is 19.9. The number of rotatable bonds is 4. The maximum Gasteiger partial charge on any atom is 0.410 e. The van der Waals surface area contributed by atoms with Crippen LogP contribution in [0.2, 0.25) is 0 Å². The van der Waals surface area contributed by atoms with E-state index in [-0.39, 0.29) is 35.5 Å². The van der Waals surface area contributed by atoms with E-state index in [1.807, 2.05) is 25.7 Å². The monoisotopic (exact) mass is 664 g/mol. The molecule has 4 aliphatic rings. The zero-order valence-corrected chi connectivity index (χ0v) is 28.0. The van der Waals surface area contributed by atoms with E-state index < -0.39 is 5.60 Å². The van der Waals surface area contributed by atoms with Gasteiger partial charge in [0.25, 0.3) is 11.1 Å². The van der Waals surface area contributed by atoms with Crippen LogP contribution in [0.3, 0.4) is 0 Å². The van der Waals surface area contributed by atoms with E-state index in [0.717, 1.165) is 76.3 Å². The molecule has 0 atom stereocenters. The molecule has 0 aliphatic carbocycles. The van der Waals surface area contributed by atoms with Crippen molar-refractivity contribution in [1.82, 2.24) is 30.2 Å². The van der Waals surface area contributed by atoms with Gasteiger partial charge in [-0.1, -0.05) is 0 Å². The highest BCUT2D eigenvalue weighted by atomic mass is 35.5. The zero-order chi connectivity index (χ0) is 31.8. The van der Waals surface area contributed by atoms with Crippen LogP contribution in [-0.2, 0) is 14.2 Å². The van der Waals surface area contributed by atoms with Crippen molar-refractivity contribution in [2.24, 2.45) is 0 Å². The minimum Gasteiger partial charge on any atom is -0.444 e. The highest BCUT2D eigenvalue weighted by Crippen LogP contribution is 2.28. The second-order valence-electron chi connectivity index (χ2n) is 13.0. The third-order valence-electron chi connectivity index (χ3n) is 8.44. The lowest BCUT2D eigenvalue weighted by Gasteiger charge is -2.33. The SMILES string of the molecule is CC(C)(C)OC(=O)N1CCC(c2cc(=O)[nH]c(N3CCOCC3)n2)CC1.Cl.O=c1cc(C2CCNCC2)nc(N2CCOCC2)[nH]1. The minimum absolute atomic E-state index is 0. The van der Waals surface area contributed by atoms with Crippen LogP contribution < -0.4 is 26.2 Å². The molecular formula is C31H49ClN8O6. The van der Waals surface area contributed by atoms with Crippen molar-refractivity contribution in [2.75, 3.05) is 88.6 Å². The Balaban J connectivity index is 0.000000213. The Morgan fingerprint density at radius 2 is 1.20 bits per heavy atom. The van der Waals surface area contributed by atoms with E-state index in [1.165, 1.54) is 0 Å². The summed E-state index contributed by atoms with van der Waals surface area (Å²) < 4.78 is 16.1. The molecule has 6 heterocycles. The molecule has 0 unspecified atom stereocenters. The number of halogens is 1. The molecule has 256 valence electrons. The summed E-state index contributed by atoms with van der Waals surface area (Å²) in [4.78, 5) is 57.0. The number of likely N-dealkylation sites (tertiary alicyclic amines) is 1. The Labute approximate surface area is 276 Å². The van der Waals surface area contributed by atoms with Crippen LogP contribution >= 0.6 is 12.4 Å². The van der Waals surface area contributed by atoms with Gasteiger partial charge in [0.1, 0.15) is 5.60 Å². The van der Waals surface area contributed by atoms with Crippen molar-refractivity contribution in [2.45, 2.75) is 63.9 Å². The van der Waals surface area contributed by atoms with Crippen molar-refractivity contribution in [3.8, 4) is 0 Å². The Morgan fingerprint density at radius 3 is 1.63 bits per heavy atom. The summed E-state index contributed by atoms with van der Waals surface area (Å²) in [5.74, 6) is 1.90. The number of ether oxygens (including phenoxy) is 3. The Bertz CT molecular complexity index is 1330. The molecule has 4 saturated heterocycles. The molecule has 46 heavy (non-hydrogen) atoms. The van der Waals surface area contributed by atoms with Crippen molar-refractivity contribution in [1.29, 1.82) is 0 Å². The number of carbonyl (C=O) groups is 1. The highest BCUT2D eigenvalue weighted by molar-refractivity contribution is 5.85. The van der Waals surface area contributed by atoms with Crippen LogP contribution in [0.1, 0.15) is 69.7 Å². The molecule has 0 aromatic carbocycles. The average Bonchev–Trinajstić information content (AvgIpc) is 3.05. The standard InChI is InChI=1S/C18H28N4O4.C13H20N4O2.ClH/c1-18(2,3)26-17(24)22-6-4-13(5-7-22)14-12-15(23)20-16(19-14)21-8-10-25-11-9-21;18-12-9-11(10-1-3-14-4-2-10)15-13(16-12)17-5-7-19-8-6-17;/h12-13H,4-11H2,1-3H3,(H,19,20,23);9-10,14H,1-8H2,(H,15,16,18);1H. The number of aromatic amines is 2. The van der Waals surface area contributed by atoms with Crippen LogP contribution in [0.15, 0.2) is 21.7 Å². The second kappa shape index (κ2) is 16.6. The van der Waals surface area contributed by atoms with E-state index in [2.05, 4.69) is 25.2 Å². The summed E-state index contributed by atoms with van der Waals surface area (Å²) in [5, 5.41) is 3.34. The van der Waals surface area contributed by atoms with E-state index in [0.29, 0.717) is 57.3 Å². The predicted octanol–water partition coefficient (Wildman–Crippen LogP) is 2.22. The second-order valence-corrected chi connectivity index (χ2v) is 13.0. The van der Waals surface area contributed by atoms with Crippen LogP contribution in [0.5, 0.6) is 0 Å². The lowest BCUT2D eigenvalue weighted by molar-refractivity contribution is 0.0204. The van der Waals surface area contributed by atoms with Crippen molar-refractivity contribution in [3.63, 3.8) is 0 Å². The minimum atomic E-state index is -0.491. The van der Waals surface area contributed by atoms with Crippen LogP contribution in [-0.4, -0.2) is 115 Å². The summed E-state index contributed by atoms with van der Waals surface area (Å²) in [6, 6.07) is 3.23. The number of nitrogens with one attached hydrogen (secondary N) is 3. The number of anilines is 2. The maximum absolute atomic E-state index is 12.2. The number of H-pyrrole nitrogens is 2. The van der Waals surface area contributed by atoms with Gasteiger partial charge in [0.15, 0.2) is 0 Å². The Morgan fingerprint density at radius 1 is 0.761 bits per heavy atom. The Kier molecular flexibility index (Phi) is 12.8. The molecule has 2 aromatic heterocycles. The van der Waals surface area contributed by atoms with E-state index in [4.69, 9.17) is 19.2 Å². The summed E-state index contributed by atoms with van der Waals surface area (Å²) in [6.07, 6.45) is 3.39. The fraction of sp³-hybridized carbons (Fsp3) is 0.710. The summed E-state index contributed by atoms with van der Waals surface area (Å²) in [7, 11) is 0. The number of nitrogens with zero attached hydrogens (tertiary/aromatic N) is 5. The molecule has 1 amide bonds. The fourth-order valence-electron chi connectivity index (χ4n) is 6.00. The van der Waals surface area contributed by atoms with Gasteiger partial charge < -0.3 is 34.2 Å². The molecule has 0 radical (unpaired) electrons. The van der Waals surface area contributed by atoms with E-state index >= 15 is 0 Å². The predicted molar refractivity (Wildman–Crippen MR) is 178 cm³/mol. The zero-order valence-electron chi connectivity index (χ0n) is 27.2. The topological polar surface area (TPSA) is 158 Å².